The van der Waals surface area contributed by atoms with Crippen molar-refractivity contribution in [1.29, 1.82) is 0 Å². The number of nitrogens with zero attached hydrogens (tertiary/aromatic N) is 8. The predicted octanol–water partition coefficient (Wildman–Crippen LogP) is 6.33. The lowest BCUT2D eigenvalue weighted by molar-refractivity contribution is 0.0725. The van der Waals surface area contributed by atoms with Crippen molar-refractivity contribution in [3.8, 4) is 23.0 Å². The molecule has 56 heavy (non-hydrogen) atoms. The summed E-state index contributed by atoms with van der Waals surface area (Å²) < 4.78 is 0. The number of hydrogen-bond acceptors (Lipinski definition) is 8. The molecule has 6 aromatic heterocycles. The summed E-state index contributed by atoms with van der Waals surface area (Å²) in [6, 6.07) is 15.6. The summed E-state index contributed by atoms with van der Waals surface area (Å²) in [5, 5.41) is 15.2. The molecule has 0 saturated heterocycles. The summed E-state index contributed by atoms with van der Waals surface area (Å²) in [6.45, 7) is 10.7. The molecule has 0 fully saturated rings. The monoisotopic (exact) mass is 744 g/mol. The maximum absolute atomic E-state index is 12.7. The van der Waals surface area contributed by atoms with Crippen molar-refractivity contribution in [2.45, 2.75) is 53.6 Å². The number of amides is 2. The Balaban J connectivity index is 0.000000146. The van der Waals surface area contributed by atoms with Gasteiger partial charge in [0, 0.05) is 49.0 Å². The van der Waals surface area contributed by atoms with Crippen LogP contribution in [0.4, 0.5) is 0 Å². The lowest BCUT2D eigenvalue weighted by Crippen LogP contribution is -2.36. The Morgan fingerprint density at radius 3 is 1.45 bits per heavy atom. The van der Waals surface area contributed by atoms with Crippen LogP contribution in [0.2, 0.25) is 0 Å². The van der Waals surface area contributed by atoms with Crippen LogP contribution in [0.3, 0.4) is 0 Å². The van der Waals surface area contributed by atoms with Crippen molar-refractivity contribution in [2.75, 3.05) is 13.1 Å². The zero-order valence-corrected chi connectivity index (χ0v) is 31.6. The maximum atomic E-state index is 12.7. The van der Waals surface area contributed by atoms with Gasteiger partial charge in [0.1, 0.15) is 11.4 Å². The molecule has 2 aliphatic heterocycles. The number of pyridine rings is 2. The molecule has 14 nitrogen and oxygen atoms in total. The van der Waals surface area contributed by atoms with E-state index in [4.69, 9.17) is 9.97 Å². The molecule has 0 aliphatic carbocycles. The third-order valence-electron chi connectivity index (χ3n) is 10.9. The van der Waals surface area contributed by atoms with E-state index in [1.807, 2.05) is 9.80 Å². The van der Waals surface area contributed by atoms with Crippen molar-refractivity contribution in [2.24, 2.45) is 0 Å². The van der Waals surface area contributed by atoms with E-state index in [-0.39, 0.29) is 11.8 Å². The predicted molar refractivity (Wildman–Crippen MR) is 212 cm³/mol. The van der Waals surface area contributed by atoms with E-state index in [0.717, 1.165) is 80.5 Å². The van der Waals surface area contributed by atoms with Crippen LogP contribution in [0.15, 0.2) is 73.3 Å². The fourth-order valence-electron chi connectivity index (χ4n) is 7.48. The van der Waals surface area contributed by atoms with Crippen molar-refractivity contribution < 1.29 is 9.59 Å². The minimum Gasteiger partial charge on any atom is -0.337 e. The van der Waals surface area contributed by atoms with Gasteiger partial charge < -0.3 is 19.8 Å². The largest absolute Gasteiger partial charge is 0.337 e. The van der Waals surface area contributed by atoms with E-state index in [9.17, 15) is 9.59 Å². The highest BCUT2D eigenvalue weighted by Gasteiger charge is 2.29. The SMILES string of the molecule is Cc1cc2nc(-c3n[nH]c4c3CCN(C(=O)c3cccnc3)C4)[nH]c2cc1C.Cc1cc2nc(-c3n[nH]c4c3CCN(C(=O)c3cccnc3)C4)[nH]c2cc1C. The summed E-state index contributed by atoms with van der Waals surface area (Å²) in [6.07, 6.45) is 8.03. The first kappa shape index (κ1) is 34.8. The molecule has 0 bridgehead atoms. The smallest absolute Gasteiger partial charge is 0.255 e. The maximum Gasteiger partial charge on any atom is 0.255 e. The standard InChI is InChI=1S/2C21H20N6O/c2*1-12-8-16-17(9-13(12)2)24-20(23-16)19-15-5-7-27(11-18(15)25-26-19)21(28)14-4-3-6-22-10-14/h2*3-4,6,8-10H,5,7,11H2,1-2H3,(H,23,24)(H,25,26). The highest BCUT2D eigenvalue weighted by Crippen LogP contribution is 2.31. The number of rotatable bonds is 4. The number of nitrogens with one attached hydrogen (secondary N) is 4. The summed E-state index contributed by atoms with van der Waals surface area (Å²) in [7, 11) is 0. The van der Waals surface area contributed by atoms with Crippen LogP contribution in [0, 0.1) is 27.7 Å². The summed E-state index contributed by atoms with van der Waals surface area (Å²) in [5.41, 5.74) is 15.9. The third kappa shape index (κ3) is 6.38. The number of imidazole rings is 2. The second-order valence-corrected chi connectivity index (χ2v) is 14.6. The second kappa shape index (κ2) is 14.0. The molecule has 0 spiro atoms. The van der Waals surface area contributed by atoms with Crippen LogP contribution in [-0.4, -0.2) is 85.0 Å². The number of aryl methyl sites for hydroxylation is 4. The van der Waals surface area contributed by atoms with Crippen molar-refractivity contribution in [3.63, 3.8) is 0 Å². The van der Waals surface area contributed by atoms with Crippen LogP contribution in [0.25, 0.3) is 45.1 Å². The molecular weight excluding hydrogens is 705 g/mol. The van der Waals surface area contributed by atoms with Crippen molar-refractivity contribution >= 4 is 33.9 Å². The van der Waals surface area contributed by atoms with Gasteiger partial charge in [-0.25, -0.2) is 9.97 Å². The van der Waals surface area contributed by atoms with Crippen LogP contribution in [0.1, 0.15) is 65.5 Å². The number of aromatic amines is 4. The highest BCUT2D eigenvalue weighted by atomic mass is 16.2. The first-order chi connectivity index (χ1) is 27.2. The zero-order valence-electron chi connectivity index (χ0n) is 31.6. The lowest BCUT2D eigenvalue weighted by Gasteiger charge is -2.26. The zero-order chi connectivity index (χ0) is 38.5. The van der Waals surface area contributed by atoms with Crippen molar-refractivity contribution in [3.05, 3.63) is 129 Å². The average molecular weight is 745 g/mol. The minimum absolute atomic E-state index is 0.00964. The van der Waals surface area contributed by atoms with E-state index in [1.54, 1.807) is 49.1 Å². The first-order valence-electron chi connectivity index (χ1n) is 18.7. The molecule has 0 radical (unpaired) electrons. The summed E-state index contributed by atoms with van der Waals surface area (Å²) >= 11 is 0. The highest BCUT2D eigenvalue weighted by molar-refractivity contribution is 5.94. The van der Waals surface area contributed by atoms with Gasteiger partial charge in [0.2, 0.25) is 0 Å². The van der Waals surface area contributed by atoms with Crippen molar-refractivity contribution in [1.82, 2.24) is 60.1 Å². The molecular formula is C42H40N12O2. The number of carbonyl (C=O) groups excluding carboxylic acids is 2. The quantitative estimate of drug-likeness (QED) is 0.161. The molecule has 0 saturated carbocycles. The molecule has 280 valence electrons. The van der Waals surface area contributed by atoms with E-state index < -0.39 is 0 Å². The molecule has 2 aromatic carbocycles. The van der Waals surface area contributed by atoms with Gasteiger partial charge in [-0.2, -0.15) is 10.2 Å². The number of aromatic nitrogens is 10. The molecule has 2 aliphatic rings. The topological polar surface area (TPSA) is 181 Å². The molecule has 8 aromatic rings. The Morgan fingerprint density at radius 2 is 1.04 bits per heavy atom. The Bertz CT molecular complexity index is 2490. The number of benzene rings is 2. The van der Waals surface area contributed by atoms with Gasteiger partial charge in [-0.15, -0.1) is 0 Å². The fourth-order valence-corrected chi connectivity index (χ4v) is 7.48. The van der Waals surface area contributed by atoms with E-state index in [2.05, 4.69) is 92.3 Å². The van der Waals surface area contributed by atoms with Gasteiger partial charge in [0.05, 0.1) is 57.7 Å². The summed E-state index contributed by atoms with van der Waals surface area (Å²) in [5.74, 6) is 1.52. The van der Waals surface area contributed by atoms with Gasteiger partial charge in [0.15, 0.2) is 11.6 Å². The van der Waals surface area contributed by atoms with Crippen LogP contribution >= 0.6 is 0 Å². The fraction of sp³-hybridized carbons (Fsp3) is 0.238. The number of hydrogen-bond donors (Lipinski definition) is 4. The van der Waals surface area contributed by atoms with E-state index >= 15 is 0 Å². The third-order valence-corrected chi connectivity index (χ3v) is 10.9. The van der Waals surface area contributed by atoms with Crippen LogP contribution < -0.4 is 0 Å². The average Bonchev–Trinajstić information content (AvgIpc) is 4.03. The van der Waals surface area contributed by atoms with Gasteiger partial charge in [0.25, 0.3) is 11.8 Å². The lowest BCUT2D eigenvalue weighted by atomic mass is 10.0. The molecule has 10 rings (SSSR count). The minimum atomic E-state index is -0.00964. The van der Waals surface area contributed by atoms with Crippen LogP contribution in [-0.2, 0) is 25.9 Å². The molecule has 0 unspecified atom stereocenters. The molecule has 4 N–H and O–H groups in total. The van der Waals surface area contributed by atoms with E-state index in [1.165, 1.54) is 22.3 Å². The summed E-state index contributed by atoms with van der Waals surface area (Å²) in [4.78, 5) is 53.4. The number of carbonyl (C=O) groups is 2. The van der Waals surface area contributed by atoms with E-state index in [0.29, 0.717) is 37.3 Å². The molecule has 8 heterocycles. The Labute approximate surface area is 321 Å². The second-order valence-electron chi connectivity index (χ2n) is 14.6. The normalized spacial score (nSPS) is 13.7. The number of fused-ring (bicyclic) bond motifs is 4. The molecule has 14 heteroatoms. The Morgan fingerprint density at radius 1 is 0.607 bits per heavy atom. The molecule has 2 amide bonds. The van der Waals surface area contributed by atoms with Gasteiger partial charge in [-0.3, -0.25) is 29.8 Å². The Hall–Kier alpha value is -6.96. The van der Waals surface area contributed by atoms with Gasteiger partial charge in [-0.1, -0.05) is 0 Å². The number of H-pyrrole nitrogens is 4. The Kier molecular flexibility index (Phi) is 8.72. The van der Waals surface area contributed by atoms with Gasteiger partial charge in [-0.05, 0) is 111 Å². The first-order valence-corrected chi connectivity index (χ1v) is 18.7. The van der Waals surface area contributed by atoms with Crippen LogP contribution in [0.5, 0.6) is 0 Å². The van der Waals surface area contributed by atoms with Gasteiger partial charge >= 0.3 is 0 Å². The molecule has 0 atom stereocenters.